The number of hydrogen-bond donors (Lipinski definition) is 1. The van der Waals surface area contributed by atoms with Crippen LogP contribution < -0.4 is 5.32 Å². The van der Waals surface area contributed by atoms with Gasteiger partial charge in [-0.15, -0.1) is 0 Å². The summed E-state index contributed by atoms with van der Waals surface area (Å²) in [6, 6.07) is 7.36. The lowest BCUT2D eigenvalue weighted by molar-refractivity contribution is 0.0625. The number of rotatable bonds is 5. The Morgan fingerprint density at radius 3 is 2.79 bits per heavy atom. The SMILES string of the molecule is CN=C(NC1CC1c1ccccc1F)N(C)CCC1CCOCC1. The Morgan fingerprint density at radius 1 is 1.33 bits per heavy atom. The van der Waals surface area contributed by atoms with Crippen LogP contribution in [0.4, 0.5) is 4.39 Å². The molecule has 0 radical (unpaired) electrons. The number of hydrogen-bond acceptors (Lipinski definition) is 2. The van der Waals surface area contributed by atoms with Crippen LogP contribution in [0.2, 0.25) is 0 Å². The lowest BCUT2D eigenvalue weighted by Crippen LogP contribution is -2.41. The quantitative estimate of drug-likeness (QED) is 0.665. The molecule has 2 fully saturated rings. The average molecular weight is 333 g/mol. The number of guanidine groups is 1. The van der Waals surface area contributed by atoms with Crippen molar-refractivity contribution in [2.45, 2.75) is 37.6 Å². The van der Waals surface area contributed by atoms with Gasteiger partial charge in [0.15, 0.2) is 5.96 Å². The maximum Gasteiger partial charge on any atom is 0.193 e. The van der Waals surface area contributed by atoms with Gasteiger partial charge in [-0.05, 0) is 43.2 Å². The third kappa shape index (κ3) is 4.26. The minimum Gasteiger partial charge on any atom is -0.381 e. The first kappa shape index (κ1) is 17.2. The molecule has 1 aromatic carbocycles. The van der Waals surface area contributed by atoms with Crippen LogP contribution in [0.15, 0.2) is 29.3 Å². The first-order valence-electron chi connectivity index (χ1n) is 8.95. The van der Waals surface area contributed by atoms with Crippen molar-refractivity contribution in [2.75, 3.05) is 33.9 Å². The molecule has 5 heteroatoms. The predicted octanol–water partition coefficient (Wildman–Crippen LogP) is 3.01. The van der Waals surface area contributed by atoms with E-state index in [-0.39, 0.29) is 17.8 Å². The summed E-state index contributed by atoms with van der Waals surface area (Å²) in [7, 11) is 3.89. The average Bonchev–Trinajstić information content (AvgIpc) is 3.38. The highest BCUT2D eigenvalue weighted by atomic mass is 19.1. The summed E-state index contributed by atoms with van der Waals surface area (Å²) in [6.07, 6.45) is 4.46. The second-order valence-corrected chi connectivity index (χ2v) is 6.93. The van der Waals surface area contributed by atoms with E-state index in [1.54, 1.807) is 12.1 Å². The zero-order valence-corrected chi connectivity index (χ0v) is 14.7. The first-order valence-corrected chi connectivity index (χ1v) is 8.95. The molecule has 24 heavy (non-hydrogen) atoms. The van der Waals surface area contributed by atoms with Crippen molar-refractivity contribution in [1.29, 1.82) is 0 Å². The number of benzene rings is 1. The third-order valence-corrected chi connectivity index (χ3v) is 5.20. The Hall–Kier alpha value is -1.62. The number of nitrogens with one attached hydrogen (secondary N) is 1. The van der Waals surface area contributed by atoms with Crippen molar-refractivity contribution < 1.29 is 9.13 Å². The molecule has 1 aliphatic carbocycles. The number of halogens is 1. The van der Waals surface area contributed by atoms with Crippen LogP contribution in [-0.2, 0) is 4.74 Å². The Kier molecular flexibility index (Phi) is 5.72. The summed E-state index contributed by atoms with van der Waals surface area (Å²) in [5.74, 6) is 1.82. The second kappa shape index (κ2) is 7.97. The van der Waals surface area contributed by atoms with Gasteiger partial charge >= 0.3 is 0 Å². The number of ether oxygens (including phenoxy) is 1. The van der Waals surface area contributed by atoms with E-state index in [1.165, 1.54) is 6.42 Å². The van der Waals surface area contributed by atoms with Gasteiger partial charge in [0.1, 0.15) is 5.82 Å². The van der Waals surface area contributed by atoms with E-state index in [4.69, 9.17) is 4.74 Å². The van der Waals surface area contributed by atoms with Gasteiger partial charge in [0.2, 0.25) is 0 Å². The van der Waals surface area contributed by atoms with Crippen molar-refractivity contribution in [2.24, 2.45) is 10.9 Å². The lowest BCUT2D eigenvalue weighted by atomic mass is 9.96. The van der Waals surface area contributed by atoms with Crippen LogP contribution in [0.3, 0.4) is 0 Å². The maximum absolute atomic E-state index is 13.9. The summed E-state index contributed by atoms with van der Waals surface area (Å²) in [5, 5.41) is 3.49. The van der Waals surface area contributed by atoms with Gasteiger partial charge in [-0.25, -0.2) is 4.39 Å². The van der Waals surface area contributed by atoms with E-state index in [2.05, 4.69) is 22.3 Å². The van der Waals surface area contributed by atoms with Crippen molar-refractivity contribution in [3.63, 3.8) is 0 Å². The van der Waals surface area contributed by atoms with Crippen molar-refractivity contribution in [3.8, 4) is 0 Å². The fourth-order valence-electron chi connectivity index (χ4n) is 3.50. The van der Waals surface area contributed by atoms with Gasteiger partial charge in [0, 0.05) is 45.8 Å². The van der Waals surface area contributed by atoms with Crippen molar-refractivity contribution in [1.82, 2.24) is 10.2 Å². The molecule has 1 N–H and O–H groups in total. The van der Waals surface area contributed by atoms with E-state index in [0.29, 0.717) is 0 Å². The Balaban J connectivity index is 1.47. The summed E-state index contributed by atoms with van der Waals surface area (Å²) in [6.45, 7) is 2.78. The number of aliphatic imine (C=N–C) groups is 1. The molecule has 0 amide bonds. The molecule has 2 atom stereocenters. The molecule has 4 nitrogen and oxygen atoms in total. The van der Waals surface area contributed by atoms with Gasteiger partial charge < -0.3 is 15.0 Å². The fourth-order valence-corrected chi connectivity index (χ4v) is 3.50. The lowest BCUT2D eigenvalue weighted by Gasteiger charge is -2.27. The van der Waals surface area contributed by atoms with Crippen LogP contribution in [0, 0.1) is 11.7 Å². The van der Waals surface area contributed by atoms with Gasteiger partial charge in [0.05, 0.1) is 0 Å². The third-order valence-electron chi connectivity index (χ3n) is 5.20. The fraction of sp³-hybridized carbons (Fsp3) is 0.632. The van der Waals surface area contributed by atoms with E-state index in [9.17, 15) is 4.39 Å². The molecule has 1 heterocycles. The molecule has 1 aliphatic heterocycles. The Morgan fingerprint density at radius 2 is 2.08 bits per heavy atom. The number of nitrogens with zero attached hydrogens (tertiary/aromatic N) is 2. The molecular formula is C19H28FN3O. The van der Waals surface area contributed by atoms with E-state index in [0.717, 1.165) is 56.5 Å². The highest BCUT2D eigenvalue weighted by molar-refractivity contribution is 5.80. The highest BCUT2D eigenvalue weighted by Gasteiger charge is 2.40. The zero-order chi connectivity index (χ0) is 16.9. The smallest absolute Gasteiger partial charge is 0.193 e. The monoisotopic (exact) mass is 333 g/mol. The van der Waals surface area contributed by atoms with Crippen LogP contribution in [0.5, 0.6) is 0 Å². The van der Waals surface area contributed by atoms with Gasteiger partial charge in [-0.1, -0.05) is 18.2 Å². The van der Waals surface area contributed by atoms with E-state index >= 15 is 0 Å². The summed E-state index contributed by atoms with van der Waals surface area (Å²) in [5.41, 5.74) is 0.815. The van der Waals surface area contributed by atoms with Crippen molar-refractivity contribution >= 4 is 5.96 Å². The van der Waals surface area contributed by atoms with E-state index in [1.807, 2.05) is 19.2 Å². The molecule has 0 bridgehead atoms. The zero-order valence-electron chi connectivity index (χ0n) is 14.7. The highest BCUT2D eigenvalue weighted by Crippen LogP contribution is 2.41. The Labute approximate surface area is 144 Å². The second-order valence-electron chi connectivity index (χ2n) is 6.93. The predicted molar refractivity (Wildman–Crippen MR) is 94.8 cm³/mol. The molecule has 0 aromatic heterocycles. The largest absolute Gasteiger partial charge is 0.381 e. The molecule has 132 valence electrons. The standard InChI is InChI=1S/C19H28FN3O/c1-21-19(23(2)10-7-14-8-11-24-12-9-14)22-18-13-16(18)15-5-3-4-6-17(15)20/h3-6,14,16,18H,7-13H2,1-2H3,(H,21,22). The van der Waals surface area contributed by atoms with Crippen LogP contribution in [-0.4, -0.2) is 50.8 Å². The van der Waals surface area contributed by atoms with Crippen LogP contribution >= 0.6 is 0 Å². The van der Waals surface area contributed by atoms with Crippen LogP contribution in [0.25, 0.3) is 0 Å². The molecule has 2 unspecified atom stereocenters. The molecule has 2 aliphatic rings. The van der Waals surface area contributed by atoms with Gasteiger partial charge in [-0.3, -0.25) is 4.99 Å². The Bertz CT molecular complexity index is 571. The molecule has 1 saturated heterocycles. The minimum atomic E-state index is -0.102. The van der Waals surface area contributed by atoms with Crippen LogP contribution in [0.1, 0.15) is 37.2 Å². The van der Waals surface area contributed by atoms with Crippen molar-refractivity contribution in [3.05, 3.63) is 35.6 Å². The molecule has 3 rings (SSSR count). The summed E-state index contributed by atoms with van der Waals surface area (Å²) in [4.78, 5) is 6.58. The molecule has 1 aromatic rings. The molecular weight excluding hydrogens is 305 g/mol. The van der Waals surface area contributed by atoms with Gasteiger partial charge in [0.25, 0.3) is 0 Å². The molecule has 1 saturated carbocycles. The normalized spacial score (nSPS) is 24.7. The summed E-state index contributed by atoms with van der Waals surface area (Å²) < 4.78 is 19.3. The first-order chi connectivity index (χ1) is 11.7. The molecule has 0 spiro atoms. The van der Waals surface area contributed by atoms with Gasteiger partial charge in [-0.2, -0.15) is 0 Å². The topological polar surface area (TPSA) is 36.9 Å². The van der Waals surface area contributed by atoms with E-state index < -0.39 is 0 Å². The maximum atomic E-state index is 13.9. The minimum absolute atomic E-state index is 0.102. The summed E-state index contributed by atoms with van der Waals surface area (Å²) >= 11 is 0.